The zero-order valence-electron chi connectivity index (χ0n) is 14.9. The predicted molar refractivity (Wildman–Crippen MR) is 98.5 cm³/mol. The summed E-state index contributed by atoms with van der Waals surface area (Å²) in [5, 5.41) is 1.07. The Morgan fingerprint density at radius 1 is 1.12 bits per heavy atom. The first kappa shape index (κ1) is 17.2. The summed E-state index contributed by atoms with van der Waals surface area (Å²) in [4.78, 5) is 14.7. The maximum Gasteiger partial charge on any atom is 0.254 e. The predicted octanol–water partition coefficient (Wildman–Crippen LogP) is 4.41. The van der Waals surface area contributed by atoms with E-state index < -0.39 is 0 Å². The first-order valence-electron chi connectivity index (χ1n) is 8.47. The van der Waals surface area contributed by atoms with Gasteiger partial charge in [-0.15, -0.1) is 0 Å². The number of carbonyl (C=O) groups excluding carboxylic acids is 1. The van der Waals surface area contributed by atoms with Crippen molar-refractivity contribution in [3.63, 3.8) is 0 Å². The van der Waals surface area contributed by atoms with Gasteiger partial charge in [0.05, 0.1) is 6.61 Å². The van der Waals surface area contributed by atoms with Gasteiger partial charge in [-0.25, -0.2) is 0 Å². The molecule has 3 aromatic rings. The molecule has 1 aromatic heterocycles. The molecule has 0 fully saturated rings. The number of aryl methyl sites for hydroxylation is 1. The Labute approximate surface area is 148 Å². The third kappa shape index (κ3) is 3.44. The van der Waals surface area contributed by atoms with Crippen LogP contribution in [0.1, 0.15) is 34.2 Å². The van der Waals surface area contributed by atoms with Crippen LogP contribution >= 0.6 is 0 Å². The van der Waals surface area contributed by atoms with Crippen LogP contribution in [-0.4, -0.2) is 25.0 Å². The Bertz CT molecular complexity index is 882. The number of ether oxygens (including phenoxy) is 1. The summed E-state index contributed by atoms with van der Waals surface area (Å²) in [6.45, 7) is 3.00. The van der Waals surface area contributed by atoms with E-state index in [1.807, 2.05) is 55.6 Å². The minimum Gasteiger partial charge on any atom is -0.461 e. The zero-order valence-corrected chi connectivity index (χ0v) is 14.9. The topological polar surface area (TPSA) is 42.7 Å². The fourth-order valence-electron chi connectivity index (χ4n) is 3.13. The van der Waals surface area contributed by atoms with Crippen molar-refractivity contribution in [2.45, 2.75) is 26.5 Å². The Hall–Kier alpha value is -2.59. The maximum absolute atomic E-state index is 12.9. The lowest BCUT2D eigenvalue weighted by Gasteiger charge is -2.19. The van der Waals surface area contributed by atoms with Crippen LogP contribution in [-0.2, 0) is 24.3 Å². The molecule has 25 heavy (non-hydrogen) atoms. The van der Waals surface area contributed by atoms with Crippen molar-refractivity contribution in [3.05, 3.63) is 71.0 Å². The number of fused-ring (bicyclic) bond motifs is 1. The Morgan fingerprint density at radius 2 is 1.84 bits per heavy atom. The number of hydrogen-bond acceptors (Lipinski definition) is 3. The molecule has 0 saturated heterocycles. The molecule has 2 aromatic carbocycles. The van der Waals surface area contributed by atoms with Crippen molar-refractivity contribution in [3.8, 4) is 0 Å². The molecule has 0 aliphatic rings. The lowest BCUT2D eigenvalue weighted by Crippen LogP contribution is -2.27. The highest BCUT2D eigenvalue weighted by Crippen LogP contribution is 2.27. The zero-order chi connectivity index (χ0) is 17.8. The maximum atomic E-state index is 12.9. The summed E-state index contributed by atoms with van der Waals surface area (Å²) in [5.74, 6) is 0.922. The minimum absolute atomic E-state index is 0.0139. The first-order valence-corrected chi connectivity index (χ1v) is 8.47. The standard InChI is InChI=1S/C21H23NO3/c1-4-19-18(17-11-7-8-12-20(17)25-19)13-22(2)21(23)16-10-6-5-9-15(16)14-24-3/h5-12H,4,13-14H2,1-3H3. The number of methoxy groups -OCH3 is 1. The van der Waals surface area contributed by atoms with Crippen LogP contribution in [0.5, 0.6) is 0 Å². The Balaban J connectivity index is 1.90. The van der Waals surface area contributed by atoms with Crippen molar-refractivity contribution >= 4 is 16.9 Å². The van der Waals surface area contributed by atoms with Gasteiger partial charge in [-0.1, -0.05) is 43.3 Å². The van der Waals surface area contributed by atoms with Gasteiger partial charge in [0.15, 0.2) is 0 Å². The molecular formula is C21H23NO3. The van der Waals surface area contributed by atoms with Crippen LogP contribution in [0.2, 0.25) is 0 Å². The van der Waals surface area contributed by atoms with Crippen LogP contribution < -0.4 is 0 Å². The molecule has 0 spiro atoms. The summed E-state index contributed by atoms with van der Waals surface area (Å²) in [6, 6.07) is 15.5. The van der Waals surface area contributed by atoms with Gasteiger partial charge < -0.3 is 14.1 Å². The van der Waals surface area contributed by atoms with Gasteiger partial charge >= 0.3 is 0 Å². The third-order valence-corrected chi connectivity index (χ3v) is 4.39. The number of benzene rings is 2. The number of para-hydroxylation sites is 1. The summed E-state index contributed by atoms with van der Waals surface area (Å²) >= 11 is 0. The average Bonchev–Trinajstić information content (AvgIpc) is 2.99. The second-order valence-corrected chi connectivity index (χ2v) is 6.10. The van der Waals surface area contributed by atoms with Gasteiger partial charge in [0.25, 0.3) is 5.91 Å². The van der Waals surface area contributed by atoms with Crippen LogP contribution in [0.3, 0.4) is 0 Å². The molecule has 0 N–H and O–H groups in total. The van der Waals surface area contributed by atoms with E-state index >= 15 is 0 Å². The van der Waals surface area contributed by atoms with Crippen molar-refractivity contribution in [2.75, 3.05) is 14.2 Å². The summed E-state index contributed by atoms with van der Waals surface area (Å²) in [5.41, 5.74) is 3.53. The van der Waals surface area contributed by atoms with E-state index in [2.05, 4.69) is 6.92 Å². The Kier molecular flexibility index (Phi) is 5.19. The highest BCUT2D eigenvalue weighted by molar-refractivity contribution is 5.95. The number of carbonyl (C=O) groups is 1. The smallest absolute Gasteiger partial charge is 0.254 e. The average molecular weight is 337 g/mol. The third-order valence-electron chi connectivity index (χ3n) is 4.39. The van der Waals surface area contributed by atoms with Crippen molar-refractivity contribution < 1.29 is 13.9 Å². The molecule has 130 valence electrons. The molecule has 1 heterocycles. The quantitative estimate of drug-likeness (QED) is 0.669. The van der Waals surface area contributed by atoms with E-state index in [9.17, 15) is 4.79 Å². The molecule has 4 heteroatoms. The molecule has 1 amide bonds. The highest BCUT2D eigenvalue weighted by atomic mass is 16.5. The molecule has 0 radical (unpaired) electrons. The highest BCUT2D eigenvalue weighted by Gasteiger charge is 2.19. The van der Waals surface area contributed by atoms with Gasteiger partial charge in [0.2, 0.25) is 0 Å². The second kappa shape index (κ2) is 7.53. The van der Waals surface area contributed by atoms with E-state index in [0.29, 0.717) is 18.7 Å². The number of furan rings is 1. The van der Waals surface area contributed by atoms with Crippen LogP contribution in [0.25, 0.3) is 11.0 Å². The fourth-order valence-corrected chi connectivity index (χ4v) is 3.13. The van der Waals surface area contributed by atoms with Gasteiger partial charge in [-0.3, -0.25) is 4.79 Å². The van der Waals surface area contributed by atoms with E-state index in [0.717, 1.165) is 34.3 Å². The van der Waals surface area contributed by atoms with Crippen molar-refractivity contribution in [1.82, 2.24) is 4.90 Å². The lowest BCUT2D eigenvalue weighted by atomic mass is 10.1. The lowest BCUT2D eigenvalue weighted by molar-refractivity contribution is 0.0780. The van der Waals surface area contributed by atoms with E-state index in [1.165, 1.54) is 0 Å². The number of rotatable bonds is 6. The normalized spacial score (nSPS) is 11.0. The summed E-state index contributed by atoms with van der Waals surface area (Å²) in [7, 11) is 3.46. The second-order valence-electron chi connectivity index (χ2n) is 6.10. The minimum atomic E-state index is -0.0139. The first-order chi connectivity index (χ1) is 12.2. The molecule has 0 bridgehead atoms. The van der Waals surface area contributed by atoms with E-state index in [1.54, 1.807) is 12.0 Å². The molecule has 0 unspecified atom stereocenters. The van der Waals surface area contributed by atoms with E-state index in [4.69, 9.17) is 9.15 Å². The van der Waals surface area contributed by atoms with Gasteiger partial charge in [-0.2, -0.15) is 0 Å². The van der Waals surface area contributed by atoms with Crippen molar-refractivity contribution in [2.24, 2.45) is 0 Å². The molecule has 0 aliphatic carbocycles. The SMILES string of the molecule is CCc1oc2ccccc2c1CN(C)C(=O)c1ccccc1COC. The molecule has 0 atom stereocenters. The summed E-state index contributed by atoms with van der Waals surface area (Å²) < 4.78 is 11.2. The number of hydrogen-bond donors (Lipinski definition) is 0. The van der Waals surface area contributed by atoms with Crippen molar-refractivity contribution in [1.29, 1.82) is 0 Å². The summed E-state index contributed by atoms with van der Waals surface area (Å²) in [6.07, 6.45) is 0.798. The number of amides is 1. The molecule has 4 nitrogen and oxygen atoms in total. The van der Waals surface area contributed by atoms with Crippen LogP contribution in [0, 0.1) is 0 Å². The largest absolute Gasteiger partial charge is 0.461 e. The monoisotopic (exact) mass is 337 g/mol. The van der Waals surface area contributed by atoms with Gasteiger partial charge in [-0.05, 0) is 17.7 Å². The van der Waals surface area contributed by atoms with Crippen LogP contribution in [0.15, 0.2) is 52.9 Å². The van der Waals surface area contributed by atoms with Gasteiger partial charge in [0, 0.05) is 43.6 Å². The molecule has 0 saturated carbocycles. The molecule has 0 aliphatic heterocycles. The Morgan fingerprint density at radius 3 is 2.60 bits per heavy atom. The van der Waals surface area contributed by atoms with Gasteiger partial charge in [0.1, 0.15) is 11.3 Å². The fraction of sp³-hybridized carbons (Fsp3) is 0.286. The number of nitrogens with zero attached hydrogens (tertiary/aromatic N) is 1. The molecular weight excluding hydrogens is 314 g/mol. The van der Waals surface area contributed by atoms with Crippen LogP contribution in [0.4, 0.5) is 0 Å². The molecule has 3 rings (SSSR count). The van der Waals surface area contributed by atoms with E-state index in [-0.39, 0.29) is 5.91 Å².